The molecule has 0 aliphatic carbocycles. The Labute approximate surface area is 179 Å². The van der Waals surface area contributed by atoms with Crippen molar-refractivity contribution in [2.75, 3.05) is 7.11 Å². The number of hydrogen-bond donors (Lipinski definition) is 0. The summed E-state index contributed by atoms with van der Waals surface area (Å²) >= 11 is 0. The van der Waals surface area contributed by atoms with Gasteiger partial charge in [-0.3, -0.25) is 4.57 Å². The van der Waals surface area contributed by atoms with Crippen molar-refractivity contribution in [3.8, 4) is 34.0 Å². The third-order valence-corrected chi connectivity index (χ3v) is 5.73. The van der Waals surface area contributed by atoms with Gasteiger partial charge in [-0.05, 0) is 80.6 Å². The maximum atomic E-state index is 5.72. The van der Waals surface area contributed by atoms with Crippen LogP contribution in [0.25, 0.3) is 28.2 Å². The van der Waals surface area contributed by atoms with E-state index in [1.54, 1.807) is 7.11 Å². The highest BCUT2D eigenvalue weighted by atomic mass is 16.5. The van der Waals surface area contributed by atoms with Crippen molar-refractivity contribution in [3.63, 3.8) is 0 Å². The Balaban J connectivity index is 1.92. The van der Waals surface area contributed by atoms with E-state index < -0.39 is 0 Å². The molecular weight excluding hydrogens is 368 g/mol. The highest BCUT2D eigenvalue weighted by Crippen LogP contribution is 2.38. The minimum absolute atomic E-state index is 0.872. The van der Waals surface area contributed by atoms with Crippen molar-refractivity contribution in [3.05, 3.63) is 88.7 Å². The highest BCUT2D eigenvalue weighted by Gasteiger charge is 2.16. The molecule has 0 unspecified atom stereocenters. The number of aryl methyl sites for hydroxylation is 5. The second-order valence-electron chi connectivity index (χ2n) is 8.05. The van der Waals surface area contributed by atoms with E-state index in [9.17, 15) is 0 Å². The lowest BCUT2D eigenvalue weighted by Gasteiger charge is -2.17. The SMILES string of the molecule is COc1ccc(-c2nccn2-c2c(C)cc(C)cc2C)cc1-c1c(C)cccc1C. The summed E-state index contributed by atoms with van der Waals surface area (Å²) in [4.78, 5) is 4.72. The van der Waals surface area contributed by atoms with Gasteiger partial charge in [-0.1, -0.05) is 35.9 Å². The zero-order valence-electron chi connectivity index (χ0n) is 18.6. The minimum atomic E-state index is 0.872. The third kappa shape index (κ3) is 3.41. The number of hydrogen-bond acceptors (Lipinski definition) is 2. The van der Waals surface area contributed by atoms with Crippen LogP contribution in [0.3, 0.4) is 0 Å². The average molecular weight is 397 g/mol. The van der Waals surface area contributed by atoms with Gasteiger partial charge in [-0.15, -0.1) is 0 Å². The van der Waals surface area contributed by atoms with Gasteiger partial charge in [-0.25, -0.2) is 4.98 Å². The summed E-state index contributed by atoms with van der Waals surface area (Å²) < 4.78 is 7.92. The van der Waals surface area contributed by atoms with Gasteiger partial charge in [0.15, 0.2) is 0 Å². The highest BCUT2D eigenvalue weighted by molar-refractivity contribution is 5.80. The standard InChI is InChI=1S/C27H28N2O/c1-17-14-20(4)26(21(5)15-17)29-13-12-28-27(29)22-10-11-24(30-6)23(16-22)25-18(2)8-7-9-19(25)3/h7-16H,1-6H3. The second-order valence-corrected chi connectivity index (χ2v) is 8.05. The number of aromatic nitrogens is 2. The molecule has 0 aliphatic rings. The molecule has 0 saturated heterocycles. The largest absolute Gasteiger partial charge is 0.496 e. The summed E-state index contributed by atoms with van der Waals surface area (Å²) in [5, 5.41) is 0. The van der Waals surface area contributed by atoms with Gasteiger partial charge < -0.3 is 4.74 Å². The first kappa shape index (κ1) is 20.0. The first-order chi connectivity index (χ1) is 14.4. The van der Waals surface area contributed by atoms with Crippen LogP contribution in [0.1, 0.15) is 27.8 Å². The molecule has 4 aromatic rings. The zero-order chi connectivity index (χ0) is 21.4. The molecule has 1 heterocycles. The van der Waals surface area contributed by atoms with Crippen LogP contribution >= 0.6 is 0 Å². The number of imidazole rings is 1. The summed E-state index contributed by atoms with van der Waals surface area (Å²) in [7, 11) is 1.73. The predicted molar refractivity (Wildman–Crippen MR) is 125 cm³/mol. The van der Waals surface area contributed by atoms with E-state index in [0.29, 0.717) is 0 Å². The molecule has 0 aliphatic heterocycles. The number of ether oxygens (including phenoxy) is 1. The molecule has 0 fully saturated rings. The van der Waals surface area contributed by atoms with Crippen molar-refractivity contribution in [1.82, 2.24) is 9.55 Å². The molecule has 3 heteroatoms. The Morgan fingerprint density at radius 2 is 1.47 bits per heavy atom. The summed E-state index contributed by atoms with van der Waals surface area (Å²) in [6.45, 7) is 10.8. The first-order valence-electron chi connectivity index (χ1n) is 10.3. The van der Waals surface area contributed by atoms with Crippen LogP contribution in [-0.4, -0.2) is 16.7 Å². The van der Waals surface area contributed by atoms with E-state index in [-0.39, 0.29) is 0 Å². The predicted octanol–water partition coefficient (Wildman–Crippen LogP) is 6.76. The smallest absolute Gasteiger partial charge is 0.144 e. The van der Waals surface area contributed by atoms with Crippen LogP contribution < -0.4 is 4.74 Å². The Morgan fingerprint density at radius 1 is 0.800 bits per heavy atom. The third-order valence-electron chi connectivity index (χ3n) is 5.73. The minimum Gasteiger partial charge on any atom is -0.496 e. The van der Waals surface area contributed by atoms with Crippen molar-refractivity contribution in [2.45, 2.75) is 34.6 Å². The number of benzene rings is 3. The average Bonchev–Trinajstić information content (AvgIpc) is 3.16. The van der Waals surface area contributed by atoms with E-state index in [1.165, 1.54) is 39.1 Å². The van der Waals surface area contributed by atoms with Gasteiger partial charge in [0.1, 0.15) is 11.6 Å². The fourth-order valence-electron chi connectivity index (χ4n) is 4.53. The van der Waals surface area contributed by atoms with Crippen LogP contribution in [0.2, 0.25) is 0 Å². The quantitative estimate of drug-likeness (QED) is 0.381. The van der Waals surface area contributed by atoms with Crippen molar-refractivity contribution < 1.29 is 4.74 Å². The Bertz CT molecular complexity index is 1190. The molecule has 0 saturated carbocycles. The van der Waals surface area contributed by atoms with Gasteiger partial charge in [-0.2, -0.15) is 0 Å². The van der Waals surface area contributed by atoms with Crippen LogP contribution in [0.15, 0.2) is 60.9 Å². The number of nitrogens with zero attached hydrogens (tertiary/aromatic N) is 2. The van der Waals surface area contributed by atoms with Crippen LogP contribution in [-0.2, 0) is 0 Å². The summed E-state index contributed by atoms with van der Waals surface area (Å²) in [6.07, 6.45) is 3.92. The molecule has 3 nitrogen and oxygen atoms in total. The molecular formula is C27H28N2O. The summed E-state index contributed by atoms with van der Waals surface area (Å²) in [6, 6.07) is 17.2. The topological polar surface area (TPSA) is 27.1 Å². The molecule has 30 heavy (non-hydrogen) atoms. The number of methoxy groups -OCH3 is 1. The van der Waals surface area contributed by atoms with Gasteiger partial charge in [0, 0.05) is 23.5 Å². The lowest BCUT2D eigenvalue weighted by molar-refractivity contribution is 0.416. The van der Waals surface area contributed by atoms with Crippen molar-refractivity contribution in [2.24, 2.45) is 0 Å². The summed E-state index contributed by atoms with van der Waals surface area (Å²) in [5.74, 6) is 1.80. The number of rotatable bonds is 4. The van der Waals surface area contributed by atoms with E-state index in [0.717, 1.165) is 22.7 Å². The van der Waals surface area contributed by atoms with Gasteiger partial charge in [0.2, 0.25) is 0 Å². The van der Waals surface area contributed by atoms with Crippen LogP contribution in [0, 0.1) is 34.6 Å². The molecule has 0 spiro atoms. The maximum Gasteiger partial charge on any atom is 0.144 e. The van der Waals surface area contributed by atoms with E-state index in [4.69, 9.17) is 9.72 Å². The first-order valence-corrected chi connectivity index (χ1v) is 10.3. The summed E-state index contributed by atoms with van der Waals surface area (Å²) in [5.41, 5.74) is 10.8. The Kier molecular flexibility index (Phi) is 5.21. The van der Waals surface area contributed by atoms with Gasteiger partial charge in [0.05, 0.1) is 12.8 Å². The van der Waals surface area contributed by atoms with E-state index in [1.807, 2.05) is 18.5 Å². The molecule has 0 amide bonds. The van der Waals surface area contributed by atoms with Crippen molar-refractivity contribution >= 4 is 0 Å². The fourth-order valence-corrected chi connectivity index (χ4v) is 4.53. The van der Waals surface area contributed by atoms with Crippen LogP contribution in [0.4, 0.5) is 0 Å². The lowest BCUT2D eigenvalue weighted by Crippen LogP contribution is -2.03. The Morgan fingerprint density at radius 3 is 2.10 bits per heavy atom. The molecule has 1 aromatic heterocycles. The molecule has 0 N–H and O–H groups in total. The zero-order valence-corrected chi connectivity index (χ0v) is 18.6. The van der Waals surface area contributed by atoms with E-state index >= 15 is 0 Å². The van der Waals surface area contributed by atoms with Gasteiger partial charge in [0.25, 0.3) is 0 Å². The Hall–Kier alpha value is -3.33. The van der Waals surface area contributed by atoms with Gasteiger partial charge >= 0.3 is 0 Å². The monoisotopic (exact) mass is 396 g/mol. The molecule has 0 radical (unpaired) electrons. The molecule has 152 valence electrons. The lowest BCUT2D eigenvalue weighted by atomic mass is 9.93. The second kappa shape index (κ2) is 7.83. The fraction of sp³-hybridized carbons (Fsp3) is 0.222. The normalized spacial score (nSPS) is 11.0. The van der Waals surface area contributed by atoms with E-state index in [2.05, 4.69) is 81.7 Å². The molecule has 0 atom stereocenters. The van der Waals surface area contributed by atoms with Crippen molar-refractivity contribution in [1.29, 1.82) is 0 Å². The molecule has 3 aromatic carbocycles. The molecule has 4 rings (SSSR count). The van der Waals surface area contributed by atoms with Crippen LogP contribution in [0.5, 0.6) is 5.75 Å². The maximum absolute atomic E-state index is 5.72. The molecule has 0 bridgehead atoms.